The molecule has 106 valence electrons. The molecule has 0 heterocycles. The van der Waals surface area contributed by atoms with Crippen molar-refractivity contribution < 1.29 is 19.5 Å². The molecule has 0 aromatic carbocycles. The maximum absolute atomic E-state index is 11.5. The van der Waals surface area contributed by atoms with Gasteiger partial charge in [-0.15, -0.1) is 0 Å². The number of carbonyl (C=O) groups is 3. The SMILES string of the molecule is O=C(CNC(=O)NCC1(C(=O)O)CCC1)NC1CC1. The van der Waals surface area contributed by atoms with Gasteiger partial charge in [-0.05, 0) is 25.7 Å². The first-order chi connectivity index (χ1) is 9.02. The smallest absolute Gasteiger partial charge is 0.315 e. The second-order valence-corrected chi connectivity index (χ2v) is 5.32. The number of carboxylic acids is 1. The van der Waals surface area contributed by atoms with Crippen LogP contribution < -0.4 is 16.0 Å². The maximum Gasteiger partial charge on any atom is 0.315 e. The normalized spacial score (nSPS) is 20.0. The molecular weight excluding hydrogens is 250 g/mol. The predicted molar refractivity (Wildman–Crippen MR) is 66.5 cm³/mol. The fraction of sp³-hybridized carbons (Fsp3) is 0.750. The van der Waals surface area contributed by atoms with Gasteiger partial charge in [0.2, 0.25) is 5.91 Å². The van der Waals surface area contributed by atoms with Gasteiger partial charge in [-0.2, -0.15) is 0 Å². The number of hydrogen-bond acceptors (Lipinski definition) is 3. The van der Waals surface area contributed by atoms with Crippen molar-refractivity contribution in [3.8, 4) is 0 Å². The molecule has 2 saturated carbocycles. The van der Waals surface area contributed by atoms with E-state index >= 15 is 0 Å². The maximum atomic E-state index is 11.5. The third-order valence-corrected chi connectivity index (χ3v) is 3.70. The highest BCUT2D eigenvalue weighted by atomic mass is 16.4. The minimum Gasteiger partial charge on any atom is -0.481 e. The number of rotatable bonds is 6. The number of nitrogens with one attached hydrogen (secondary N) is 3. The zero-order valence-corrected chi connectivity index (χ0v) is 10.7. The lowest BCUT2D eigenvalue weighted by Crippen LogP contribution is -2.50. The van der Waals surface area contributed by atoms with Crippen LogP contribution in [0.15, 0.2) is 0 Å². The van der Waals surface area contributed by atoms with E-state index in [1.807, 2.05) is 0 Å². The monoisotopic (exact) mass is 269 g/mol. The van der Waals surface area contributed by atoms with Crippen LogP contribution in [0.5, 0.6) is 0 Å². The molecule has 7 nitrogen and oxygen atoms in total. The molecule has 4 N–H and O–H groups in total. The Hall–Kier alpha value is -1.79. The van der Waals surface area contributed by atoms with Gasteiger partial charge in [-0.25, -0.2) is 4.79 Å². The summed E-state index contributed by atoms with van der Waals surface area (Å²) in [5.74, 6) is -1.08. The van der Waals surface area contributed by atoms with Gasteiger partial charge < -0.3 is 21.1 Å². The van der Waals surface area contributed by atoms with Crippen LogP contribution in [0.2, 0.25) is 0 Å². The van der Waals surface area contributed by atoms with Crippen molar-refractivity contribution in [2.24, 2.45) is 5.41 Å². The average Bonchev–Trinajstić information content (AvgIpc) is 3.08. The number of carboxylic acid groups (broad SMARTS) is 1. The van der Waals surface area contributed by atoms with Gasteiger partial charge in [0.25, 0.3) is 0 Å². The number of aliphatic carboxylic acids is 1. The van der Waals surface area contributed by atoms with E-state index in [0.717, 1.165) is 19.3 Å². The Bertz CT molecular complexity index is 388. The third kappa shape index (κ3) is 3.59. The largest absolute Gasteiger partial charge is 0.481 e. The van der Waals surface area contributed by atoms with E-state index in [2.05, 4.69) is 16.0 Å². The number of hydrogen-bond donors (Lipinski definition) is 4. The van der Waals surface area contributed by atoms with Gasteiger partial charge in [0.15, 0.2) is 0 Å². The van der Waals surface area contributed by atoms with Gasteiger partial charge in [0.1, 0.15) is 0 Å². The predicted octanol–water partition coefficient (Wildman–Crippen LogP) is -0.181. The molecule has 0 spiro atoms. The van der Waals surface area contributed by atoms with Crippen molar-refractivity contribution in [1.29, 1.82) is 0 Å². The second-order valence-electron chi connectivity index (χ2n) is 5.32. The van der Waals surface area contributed by atoms with Gasteiger partial charge in [-0.1, -0.05) is 6.42 Å². The molecule has 0 aliphatic heterocycles. The molecule has 0 aromatic rings. The van der Waals surface area contributed by atoms with Crippen LogP contribution in [0, 0.1) is 5.41 Å². The van der Waals surface area contributed by atoms with E-state index in [9.17, 15) is 14.4 Å². The van der Waals surface area contributed by atoms with E-state index < -0.39 is 17.4 Å². The first-order valence-corrected chi connectivity index (χ1v) is 6.56. The minimum atomic E-state index is -0.870. The number of amides is 3. The Labute approximate surface area is 111 Å². The van der Waals surface area contributed by atoms with Crippen LogP contribution in [-0.2, 0) is 9.59 Å². The van der Waals surface area contributed by atoms with E-state index in [0.29, 0.717) is 12.8 Å². The summed E-state index contributed by atoms with van der Waals surface area (Å²) < 4.78 is 0. The van der Waals surface area contributed by atoms with Crippen LogP contribution in [0.4, 0.5) is 4.79 Å². The Morgan fingerprint density at radius 3 is 2.32 bits per heavy atom. The highest BCUT2D eigenvalue weighted by molar-refractivity contribution is 5.84. The third-order valence-electron chi connectivity index (χ3n) is 3.70. The van der Waals surface area contributed by atoms with Gasteiger partial charge in [0.05, 0.1) is 12.0 Å². The standard InChI is InChI=1S/C12H19N3O4/c16-9(15-8-2-3-8)6-13-11(19)14-7-12(10(17)18)4-1-5-12/h8H,1-7H2,(H,15,16)(H,17,18)(H2,13,14,19). The van der Waals surface area contributed by atoms with Gasteiger partial charge in [0, 0.05) is 12.6 Å². The molecule has 0 radical (unpaired) electrons. The summed E-state index contributed by atoms with van der Waals surface area (Å²) in [5, 5.41) is 16.8. The molecule has 0 aromatic heterocycles. The number of carbonyl (C=O) groups excluding carboxylic acids is 2. The van der Waals surface area contributed by atoms with Crippen LogP contribution in [0.1, 0.15) is 32.1 Å². The zero-order chi connectivity index (χ0) is 13.9. The zero-order valence-electron chi connectivity index (χ0n) is 10.7. The van der Waals surface area contributed by atoms with Gasteiger partial charge >= 0.3 is 12.0 Å². The molecule has 0 saturated heterocycles. The Kier molecular flexibility index (Phi) is 3.92. The van der Waals surface area contributed by atoms with Crippen molar-refractivity contribution >= 4 is 17.9 Å². The summed E-state index contributed by atoms with van der Waals surface area (Å²) in [6.07, 6.45) is 4.05. The Morgan fingerprint density at radius 1 is 1.16 bits per heavy atom. The summed E-state index contributed by atoms with van der Waals surface area (Å²) in [7, 11) is 0. The number of urea groups is 1. The summed E-state index contributed by atoms with van der Waals surface area (Å²) in [6.45, 7) is 0.0286. The molecule has 0 bridgehead atoms. The molecule has 2 fully saturated rings. The van der Waals surface area contributed by atoms with Gasteiger partial charge in [-0.3, -0.25) is 9.59 Å². The van der Waals surface area contributed by atoms with Crippen molar-refractivity contribution in [2.45, 2.75) is 38.1 Å². The van der Waals surface area contributed by atoms with Crippen LogP contribution in [0.25, 0.3) is 0 Å². The Balaban J connectivity index is 1.63. The first-order valence-electron chi connectivity index (χ1n) is 6.56. The van der Waals surface area contributed by atoms with Crippen LogP contribution in [0.3, 0.4) is 0 Å². The molecule has 7 heteroatoms. The molecular formula is C12H19N3O4. The summed E-state index contributed by atoms with van der Waals surface area (Å²) in [4.78, 5) is 33.9. The van der Waals surface area contributed by atoms with E-state index in [1.165, 1.54) is 0 Å². The second kappa shape index (κ2) is 5.46. The average molecular weight is 269 g/mol. The summed E-state index contributed by atoms with van der Waals surface area (Å²) in [5.41, 5.74) is -0.812. The summed E-state index contributed by atoms with van der Waals surface area (Å²) >= 11 is 0. The lowest BCUT2D eigenvalue weighted by molar-refractivity contribution is -0.153. The molecule has 2 rings (SSSR count). The first kappa shape index (κ1) is 13.6. The highest BCUT2D eigenvalue weighted by Gasteiger charge is 2.44. The van der Waals surface area contributed by atoms with Crippen LogP contribution >= 0.6 is 0 Å². The highest BCUT2D eigenvalue weighted by Crippen LogP contribution is 2.40. The van der Waals surface area contributed by atoms with Crippen molar-refractivity contribution in [1.82, 2.24) is 16.0 Å². The molecule has 2 aliphatic carbocycles. The van der Waals surface area contributed by atoms with E-state index in [4.69, 9.17) is 5.11 Å². The summed E-state index contributed by atoms with van der Waals surface area (Å²) in [6, 6.07) is -0.235. The van der Waals surface area contributed by atoms with Crippen molar-refractivity contribution in [3.05, 3.63) is 0 Å². The minimum absolute atomic E-state index is 0.0809. The molecule has 0 atom stereocenters. The fourth-order valence-corrected chi connectivity index (χ4v) is 2.05. The molecule has 19 heavy (non-hydrogen) atoms. The topological polar surface area (TPSA) is 108 Å². The molecule has 3 amide bonds. The Morgan fingerprint density at radius 2 is 1.84 bits per heavy atom. The fourth-order valence-electron chi connectivity index (χ4n) is 2.05. The van der Waals surface area contributed by atoms with Crippen LogP contribution in [-0.4, -0.2) is 42.1 Å². The van der Waals surface area contributed by atoms with E-state index in [1.54, 1.807) is 0 Å². The lowest BCUT2D eigenvalue weighted by atomic mass is 9.69. The quantitative estimate of drug-likeness (QED) is 0.536. The lowest BCUT2D eigenvalue weighted by Gasteiger charge is -2.37. The molecule has 0 unspecified atom stereocenters. The van der Waals surface area contributed by atoms with E-state index in [-0.39, 0.29) is 25.0 Å². The molecule has 2 aliphatic rings. The van der Waals surface area contributed by atoms with Crippen molar-refractivity contribution in [3.63, 3.8) is 0 Å². The van der Waals surface area contributed by atoms with Crippen molar-refractivity contribution in [2.75, 3.05) is 13.1 Å².